The summed E-state index contributed by atoms with van der Waals surface area (Å²) in [5.41, 5.74) is -0.763. The Balaban J connectivity index is 0.00000288. The molecule has 3 N–H and O–H groups in total. The molecule has 8 heteroatoms. The van der Waals surface area contributed by atoms with Crippen LogP contribution in [0.15, 0.2) is 4.99 Å². The smallest absolute Gasteiger partial charge is 0.222 e. The van der Waals surface area contributed by atoms with Crippen molar-refractivity contribution in [2.24, 2.45) is 4.99 Å². The number of guanidine groups is 1. The van der Waals surface area contributed by atoms with E-state index in [4.69, 9.17) is 4.74 Å². The monoisotopic (exact) mass is 454 g/mol. The zero-order valence-electron chi connectivity index (χ0n) is 14.7. The van der Waals surface area contributed by atoms with E-state index in [1.165, 1.54) is 0 Å². The van der Waals surface area contributed by atoms with Crippen LogP contribution in [-0.4, -0.2) is 72.9 Å². The third-order valence-corrected chi connectivity index (χ3v) is 4.48. The number of hydrogen-bond acceptors (Lipinski definition) is 4. The van der Waals surface area contributed by atoms with Crippen LogP contribution in [0.5, 0.6) is 0 Å². The number of likely N-dealkylation sites (tertiary alicyclic amines) is 1. The number of aliphatic imine (C=N–C) groups is 1. The number of ether oxygens (including phenoxy) is 1. The van der Waals surface area contributed by atoms with Crippen molar-refractivity contribution in [1.82, 2.24) is 15.5 Å². The van der Waals surface area contributed by atoms with Gasteiger partial charge in [-0.1, -0.05) is 6.92 Å². The summed E-state index contributed by atoms with van der Waals surface area (Å²) in [5.74, 6) is 0.913. The van der Waals surface area contributed by atoms with E-state index in [9.17, 15) is 9.90 Å². The van der Waals surface area contributed by atoms with E-state index in [1.807, 2.05) is 18.7 Å². The maximum Gasteiger partial charge on any atom is 0.222 e. The molecule has 0 aromatic rings. The summed E-state index contributed by atoms with van der Waals surface area (Å²) in [6.07, 6.45) is 2.72. The fraction of sp³-hybridized carbons (Fsp3) is 0.875. The second-order valence-corrected chi connectivity index (χ2v) is 6.36. The number of carbonyl (C=O) groups is 1. The minimum Gasteiger partial charge on any atom is -0.388 e. The number of amides is 1. The Bertz CT molecular complexity index is 428. The van der Waals surface area contributed by atoms with E-state index >= 15 is 0 Å². The normalized spacial score (nSPS) is 23.5. The second kappa shape index (κ2) is 10.4. The van der Waals surface area contributed by atoms with E-state index in [2.05, 4.69) is 15.6 Å². The van der Waals surface area contributed by atoms with Gasteiger partial charge < -0.3 is 25.4 Å². The highest BCUT2D eigenvalue weighted by Crippen LogP contribution is 2.20. The molecule has 24 heavy (non-hydrogen) atoms. The van der Waals surface area contributed by atoms with Crippen LogP contribution in [0.2, 0.25) is 0 Å². The van der Waals surface area contributed by atoms with Crippen LogP contribution in [-0.2, 0) is 9.53 Å². The maximum atomic E-state index is 11.8. The summed E-state index contributed by atoms with van der Waals surface area (Å²) >= 11 is 0. The fourth-order valence-electron chi connectivity index (χ4n) is 2.98. The van der Waals surface area contributed by atoms with Gasteiger partial charge in [0.2, 0.25) is 5.91 Å². The summed E-state index contributed by atoms with van der Waals surface area (Å²) in [5, 5.41) is 17.1. The number of hydrogen-bond donors (Lipinski definition) is 3. The highest BCUT2D eigenvalue weighted by atomic mass is 127. The molecular weight excluding hydrogens is 423 g/mol. The van der Waals surface area contributed by atoms with Crippen LogP contribution < -0.4 is 10.6 Å². The van der Waals surface area contributed by atoms with Crippen LogP contribution in [0, 0.1) is 0 Å². The number of nitrogens with zero attached hydrogens (tertiary/aromatic N) is 2. The predicted octanol–water partition coefficient (Wildman–Crippen LogP) is 0.712. The first kappa shape index (κ1) is 21.4. The SMILES string of the molecule is CCNC(=NCC1(O)CCOCC1)NC1CCN(C(=O)CC)C1.I. The minimum atomic E-state index is -0.763. The number of nitrogens with one attached hydrogen (secondary N) is 2. The molecule has 1 amide bonds. The lowest BCUT2D eigenvalue weighted by atomic mass is 9.95. The van der Waals surface area contributed by atoms with Gasteiger partial charge in [-0.3, -0.25) is 9.79 Å². The third kappa shape index (κ3) is 6.36. The molecule has 0 aromatic carbocycles. The lowest BCUT2D eigenvalue weighted by Gasteiger charge is -2.30. The Kier molecular flexibility index (Phi) is 9.28. The molecule has 7 nitrogen and oxygen atoms in total. The van der Waals surface area contributed by atoms with Crippen molar-refractivity contribution in [3.8, 4) is 0 Å². The zero-order valence-corrected chi connectivity index (χ0v) is 17.0. The fourth-order valence-corrected chi connectivity index (χ4v) is 2.98. The van der Waals surface area contributed by atoms with Gasteiger partial charge in [-0.05, 0) is 13.3 Å². The summed E-state index contributed by atoms with van der Waals surface area (Å²) in [6, 6.07) is 0.215. The Morgan fingerprint density at radius 3 is 2.71 bits per heavy atom. The number of rotatable bonds is 5. The van der Waals surface area contributed by atoms with Gasteiger partial charge in [0.05, 0.1) is 12.1 Å². The maximum absolute atomic E-state index is 11.8. The van der Waals surface area contributed by atoms with Crippen LogP contribution >= 0.6 is 24.0 Å². The molecule has 0 bridgehead atoms. The van der Waals surface area contributed by atoms with Gasteiger partial charge >= 0.3 is 0 Å². The van der Waals surface area contributed by atoms with Crippen LogP contribution in [0.3, 0.4) is 0 Å². The lowest BCUT2D eigenvalue weighted by molar-refractivity contribution is -0.129. The van der Waals surface area contributed by atoms with Crippen molar-refractivity contribution >= 4 is 35.8 Å². The largest absolute Gasteiger partial charge is 0.388 e. The molecule has 2 aliphatic heterocycles. The molecule has 2 heterocycles. The van der Waals surface area contributed by atoms with Gasteiger partial charge in [0, 0.05) is 58.2 Å². The highest BCUT2D eigenvalue weighted by molar-refractivity contribution is 14.0. The molecule has 2 aliphatic rings. The Morgan fingerprint density at radius 1 is 1.38 bits per heavy atom. The number of aliphatic hydroxyl groups is 1. The van der Waals surface area contributed by atoms with Crippen LogP contribution in [0.4, 0.5) is 0 Å². The molecule has 0 spiro atoms. The highest BCUT2D eigenvalue weighted by Gasteiger charge is 2.30. The van der Waals surface area contributed by atoms with Gasteiger partial charge in [-0.15, -0.1) is 24.0 Å². The summed E-state index contributed by atoms with van der Waals surface area (Å²) in [4.78, 5) is 18.2. The van der Waals surface area contributed by atoms with Crippen molar-refractivity contribution in [1.29, 1.82) is 0 Å². The number of halogens is 1. The van der Waals surface area contributed by atoms with Crippen molar-refractivity contribution < 1.29 is 14.6 Å². The first-order valence-electron chi connectivity index (χ1n) is 8.69. The molecular formula is C16H31IN4O3. The standard InChI is InChI=1S/C16H30N4O3.HI/c1-3-14(21)20-8-5-13(11-20)19-15(17-4-2)18-12-16(22)6-9-23-10-7-16;/h13,22H,3-12H2,1-2H3,(H2,17,18,19);1H. The van der Waals surface area contributed by atoms with Gasteiger partial charge in [-0.2, -0.15) is 0 Å². The Hall–Kier alpha value is -0.610. The zero-order chi connectivity index (χ0) is 16.7. The van der Waals surface area contributed by atoms with Crippen molar-refractivity contribution in [2.75, 3.05) is 39.4 Å². The average Bonchev–Trinajstić information content (AvgIpc) is 3.01. The molecule has 2 saturated heterocycles. The summed E-state index contributed by atoms with van der Waals surface area (Å²) < 4.78 is 5.29. The molecule has 1 atom stereocenters. The molecule has 2 rings (SSSR count). The first-order valence-corrected chi connectivity index (χ1v) is 8.69. The van der Waals surface area contributed by atoms with Crippen LogP contribution in [0.1, 0.15) is 39.5 Å². The van der Waals surface area contributed by atoms with Gasteiger partial charge in [-0.25, -0.2) is 0 Å². The van der Waals surface area contributed by atoms with Crippen molar-refractivity contribution in [3.05, 3.63) is 0 Å². The van der Waals surface area contributed by atoms with E-state index in [0.717, 1.165) is 26.1 Å². The first-order chi connectivity index (χ1) is 11.1. The molecule has 140 valence electrons. The van der Waals surface area contributed by atoms with Gasteiger partial charge in [0.25, 0.3) is 0 Å². The Morgan fingerprint density at radius 2 is 2.08 bits per heavy atom. The second-order valence-electron chi connectivity index (χ2n) is 6.36. The Labute approximate surface area is 161 Å². The van der Waals surface area contributed by atoms with E-state index in [1.54, 1.807) is 0 Å². The quantitative estimate of drug-likeness (QED) is 0.324. The van der Waals surface area contributed by atoms with E-state index in [0.29, 0.717) is 45.0 Å². The number of carbonyl (C=O) groups excluding carboxylic acids is 1. The summed E-state index contributed by atoms with van der Waals surface area (Å²) in [7, 11) is 0. The molecule has 2 fully saturated rings. The molecule has 0 aliphatic carbocycles. The van der Waals surface area contributed by atoms with E-state index in [-0.39, 0.29) is 35.9 Å². The topological polar surface area (TPSA) is 86.2 Å². The lowest BCUT2D eigenvalue weighted by Crippen LogP contribution is -2.46. The average molecular weight is 454 g/mol. The minimum absolute atomic E-state index is 0. The molecule has 0 saturated carbocycles. The molecule has 1 unspecified atom stereocenters. The molecule has 0 aromatic heterocycles. The van der Waals surface area contributed by atoms with Gasteiger partial charge in [0.1, 0.15) is 0 Å². The predicted molar refractivity (Wildman–Crippen MR) is 105 cm³/mol. The van der Waals surface area contributed by atoms with Crippen molar-refractivity contribution in [2.45, 2.75) is 51.2 Å². The van der Waals surface area contributed by atoms with Crippen LogP contribution in [0.25, 0.3) is 0 Å². The van der Waals surface area contributed by atoms with E-state index < -0.39 is 5.60 Å². The van der Waals surface area contributed by atoms with Crippen molar-refractivity contribution in [3.63, 3.8) is 0 Å². The van der Waals surface area contributed by atoms with Gasteiger partial charge in [0.15, 0.2) is 5.96 Å². The third-order valence-electron chi connectivity index (χ3n) is 4.48. The molecule has 0 radical (unpaired) electrons. The summed E-state index contributed by atoms with van der Waals surface area (Å²) in [6.45, 7) is 7.73.